The second-order valence-electron chi connectivity index (χ2n) is 4.13. The van der Waals surface area contributed by atoms with Gasteiger partial charge in [-0.1, -0.05) is 0 Å². The number of nitrogens with zero attached hydrogens (tertiary/aromatic N) is 3. The summed E-state index contributed by atoms with van der Waals surface area (Å²) in [6.07, 6.45) is 4.82. The van der Waals surface area contributed by atoms with Crippen molar-refractivity contribution in [3.05, 3.63) is 36.3 Å². The molecule has 2 N–H and O–H groups in total. The largest absolute Gasteiger partial charge is 0.366 e. The predicted octanol–water partition coefficient (Wildman–Crippen LogP) is 0.667. The van der Waals surface area contributed by atoms with Crippen molar-refractivity contribution in [2.24, 2.45) is 0 Å². The second kappa shape index (κ2) is 5.37. The van der Waals surface area contributed by atoms with Gasteiger partial charge in [-0.2, -0.15) is 5.10 Å². The van der Waals surface area contributed by atoms with E-state index in [4.69, 9.17) is 0 Å². The third-order valence-corrected chi connectivity index (χ3v) is 4.34. The molecule has 0 bridgehead atoms. The highest BCUT2D eigenvalue weighted by atomic mass is 32.2. The number of sulfonamides is 1. The van der Waals surface area contributed by atoms with Crippen molar-refractivity contribution in [1.29, 1.82) is 0 Å². The fraction of sp³-hybridized carbons (Fsp3) is 0.273. The quantitative estimate of drug-likeness (QED) is 0.840. The van der Waals surface area contributed by atoms with Gasteiger partial charge in [0.1, 0.15) is 10.7 Å². The summed E-state index contributed by atoms with van der Waals surface area (Å²) in [5.74, 6) is 0.610. The molecule has 0 aliphatic rings. The van der Waals surface area contributed by atoms with Crippen LogP contribution in [0.25, 0.3) is 0 Å². The Labute approximate surface area is 111 Å². The Morgan fingerprint density at radius 3 is 2.63 bits per heavy atom. The lowest BCUT2D eigenvalue weighted by molar-refractivity contribution is 0.520. The van der Waals surface area contributed by atoms with Gasteiger partial charge in [0, 0.05) is 38.6 Å². The number of H-pyrrole nitrogens is 1. The summed E-state index contributed by atoms with van der Waals surface area (Å²) >= 11 is 0. The van der Waals surface area contributed by atoms with Crippen LogP contribution in [0.15, 0.2) is 35.6 Å². The van der Waals surface area contributed by atoms with Crippen molar-refractivity contribution < 1.29 is 8.42 Å². The van der Waals surface area contributed by atoms with Crippen molar-refractivity contribution in [2.45, 2.75) is 11.4 Å². The SMILES string of the molecule is CN(C)S(=O)(=O)c1ccc(NCc2cn[nH]c2)nc1. The fourth-order valence-electron chi connectivity index (χ4n) is 1.42. The fourth-order valence-corrected chi connectivity index (χ4v) is 2.26. The molecule has 0 aliphatic heterocycles. The van der Waals surface area contributed by atoms with Crippen LogP contribution >= 0.6 is 0 Å². The molecule has 0 fully saturated rings. The average molecular weight is 281 g/mol. The molecule has 0 aromatic carbocycles. The van der Waals surface area contributed by atoms with E-state index in [1.165, 1.54) is 26.4 Å². The highest BCUT2D eigenvalue weighted by Crippen LogP contribution is 2.14. The van der Waals surface area contributed by atoms with E-state index < -0.39 is 10.0 Å². The number of hydrogen-bond acceptors (Lipinski definition) is 5. The van der Waals surface area contributed by atoms with Crippen LogP contribution in [0.1, 0.15) is 5.56 Å². The first-order valence-corrected chi connectivity index (χ1v) is 7.04. The van der Waals surface area contributed by atoms with E-state index in [9.17, 15) is 8.42 Å². The van der Waals surface area contributed by atoms with E-state index in [1.807, 2.05) is 0 Å². The lowest BCUT2D eigenvalue weighted by atomic mass is 10.3. The highest BCUT2D eigenvalue weighted by Gasteiger charge is 2.17. The van der Waals surface area contributed by atoms with Gasteiger partial charge in [-0.05, 0) is 12.1 Å². The zero-order valence-corrected chi connectivity index (χ0v) is 11.5. The van der Waals surface area contributed by atoms with Crippen LogP contribution < -0.4 is 5.32 Å². The molecule has 0 atom stereocenters. The number of anilines is 1. The first-order chi connectivity index (χ1) is 9.00. The molecule has 0 spiro atoms. The predicted molar refractivity (Wildman–Crippen MR) is 71.0 cm³/mol. The summed E-state index contributed by atoms with van der Waals surface area (Å²) in [6.45, 7) is 0.573. The topological polar surface area (TPSA) is 91.0 Å². The van der Waals surface area contributed by atoms with Gasteiger partial charge < -0.3 is 5.32 Å². The summed E-state index contributed by atoms with van der Waals surface area (Å²) in [6, 6.07) is 3.16. The molecule has 2 aromatic rings. The molecule has 2 aromatic heterocycles. The summed E-state index contributed by atoms with van der Waals surface area (Å²) in [5, 5.41) is 9.62. The summed E-state index contributed by atoms with van der Waals surface area (Å²) in [4.78, 5) is 4.25. The van der Waals surface area contributed by atoms with Gasteiger partial charge in [0.25, 0.3) is 0 Å². The molecule has 19 heavy (non-hydrogen) atoms. The first-order valence-electron chi connectivity index (χ1n) is 5.60. The minimum Gasteiger partial charge on any atom is -0.366 e. The van der Waals surface area contributed by atoms with Crippen LogP contribution in [-0.4, -0.2) is 42.0 Å². The van der Waals surface area contributed by atoms with Crippen molar-refractivity contribution in [2.75, 3.05) is 19.4 Å². The summed E-state index contributed by atoms with van der Waals surface area (Å²) in [5.41, 5.74) is 0.992. The molecular formula is C11H15N5O2S. The van der Waals surface area contributed by atoms with Crippen LogP contribution in [0.3, 0.4) is 0 Å². The van der Waals surface area contributed by atoms with Gasteiger partial charge in [-0.25, -0.2) is 17.7 Å². The molecule has 2 heterocycles. The van der Waals surface area contributed by atoms with Crippen molar-refractivity contribution in [3.8, 4) is 0 Å². The number of aromatic amines is 1. The van der Waals surface area contributed by atoms with Crippen LogP contribution in [0.2, 0.25) is 0 Å². The van der Waals surface area contributed by atoms with Gasteiger partial charge in [0.15, 0.2) is 0 Å². The third-order valence-electron chi connectivity index (χ3n) is 2.54. The van der Waals surface area contributed by atoms with Gasteiger partial charge in [0.05, 0.1) is 6.20 Å². The minimum atomic E-state index is -3.42. The average Bonchev–Trinajstić information content (AvgIpc) is 2.90. The minimum absolute atomic E-state index is 0.173. The Bertz CT molecular complexity index is 620. The zero-order chi connectivity index (χ0) is 13.9. The smallest absolute Gasteiger partial charge is 0.244 e. The van der Waals surface area contributed by atoms with Gasteiger partial charge in [0.2, 0.25) is 10.0 Å². The second-order valence-corrected chi connectivity index (χ2v) is 6.28. The molecule has 2 rings (SSSR count). The molecule has 0 amide bonds. The van der Waals surface area contributed by atoms with Crippen molar-refractivity contribution in [1.82, 2.24) is 19.5 Å². The Balaban J connectivity index is 2.07. The monoisotopic (exact) mass is 281 g/mol. The number of hydrogen-bond donors (Lipinski definition) is 2. The summed E-state index contributed by atoms with van der Waals surface area (Å²) in [7, 11) is -0.451. The van der Waals surface area contributed by atoms with Crippen LogP contribution in [0.5, 0.6) is 0 Å². The molecular weight excluding hydrogens is 266 g/mol. The maximum atomic E-state index is 11.8. The molecule has 0 radical (unpaired) electrons. The van der Waals surface area contributed by atoms with E-state index in [0.29, 0.717) is 12.4 Å². The van der Waals surface area contributed by atoms with E-state index >= 15 is 0 Å². The third kappa shape index (κ3) is 3.09. The Morgan fingerprint density at radius 2 is 2.11 bits per heavy atom. The molecule has 0 saturated carbocycles. The van der Waals surface area contributed by atoms with Crippen LogP contribution in [0.4, 0.5) is 5.82 Å². The highest BCUT2D eigenvalue weighted by molar-refractivity contribution is 7.89. The first kappa shape index (κ1) is 13.5. The van der Waals surface area contributed by atoms with Gasteiger partial charge in [-0.3, -0.25) is 5.10 Å². The van der Waals surface area contributed by atoms with Crippen LogP contribution in [0, 0.1) is 0 Å². The molecule has 8 heteroatoms. The van der Waals surface area contributed by atoms with Gasteiger partial charge in [-0.15, -0.1) is 0 Å². The van der Waals surface area contributed by atoms with E-state index in [0.717, 1.165) is 9.87 Å². The number of pyridine rings is 1. The molecule has 0 unspecified atom stereocenters. The van der Waals surface area contributed by atoms with Crippen LogP contribution in [-0.2, 0) is 16.6 Å². The Kier molecular flexibility index (Phi) is 3.82. The lowest BCUT2D eigenvalue weighted by Gasteiger charge is -2.11. The lowest BCUT2D eigenvalue weighted by Crippen LogP contribution is -2.22. The maximum Gasteiger partial charge on any atom is 0.244 e. The van der Waals surface area contributed by atoms with E-state index in [-0.39, 0.29) is 4.90 Å². The maximum absolute atomic E-state index is 11.8. The summed E-state index contributed by atoms with van der Waals surface area (Å²) < 4.78 is 24.8. The van der Waals surface area contributed by atoms with Gasteiger partial charge >= 0.3 is 0 Å². The Hall–Kier alpha value is -1.93. The molecule has 0 aliphatic carbocycles. The van der Waals surface area contributed by atoms with E-state index in [2.05, 4.69) is 20.5 Å². The molecule has 102 valence electrons. The number of nitrogens with one attached hydrogen (secondary N) is 2. The normalized spacial score (nSPS) is 11.7. The number of aromatic nitrogens is 3. The van der Waals surface area contributed by atoms with Crippen molar-refractivity contribution in [3.63, 3.8) is 0 Å². The van der Waals surface area contributed by atoms with Crippen molar-refractivity contribution >= 4 is 15.8 Å². The zero-order valence-electron chi connectivity index (χ0n) is 10.7. The Morgan fingerprint density at radius 1 is 1.32 bits per heavy atom. The molecule has 0 saturated heterocycles. The molecule has 7 nitrogen and oxygen atoms in total. The van der Waals surface area contributed by atoms with E-state index in [1.54, 1.807) is 18.5 Å². The number of rotatable bonds is 5. The standard InChI is InChI=1S/C11H15N5O2S/c1-16(2)19(17,18)10-3-4-11(13-8-10)12-5-9-6-14-15-7-9/h3-4,6-8H,5H2,1-2H3,(H,12,13)(H,14,15).